The Balaban J connectivity index is 2.03. The number of ether oxygens (including phenoxy) is 1. The number of esters is 1. The van der Waals surface area contributed by atoms with E-state index in [2.05, 4.69) is 10.3 Å². The summed E-state index contributed by atoms with van der Waals surface area (Å²) in [4.78, 5) is 16.6. The molecule has 1 saturated heterocycles. The van der Waals surface area contributed by atoms with Crippen LogP contribution in [0, 0.1) is 6.92 Å². The zero-order chi connectivity index (χ0) is 12.3. The predicted octanol–water partition coefficient (Wildman–Crippen LogP) is 2.55. The van der Waals surface area contributed by atoms with Crippen LogP contribution < -0.4 is 5.32 Å². The van der Waals surface area contributed by atoms with E-state index in [0.29, 0.717) is 11.7 Å². The number of hydrogen-bond donors (Lipinski definition) is 1. The fourth-order valence-corrected chi connectivity index (χ4v) is 3.75. The molecule has 2 rings (SSSR count). The van der Waals surface area contributed by atoms with Gasteiger partial charge >= 0.3 is 5.97 Å². The second kappa shape index (κ2) is 5.73. The Labute approximate surface area is 109 Å². The van der Waals surface area contributed by atoms with Gasteiger partial charge in [-0.25, -0.2) is 9.78 Å². The van der Waals surface area contributed by atoms with Gasteiger partial charge in [0.2, 0.25) is 0 Å². The van der Waals surface area contributed by atoms with E-state index in [4.69, 9.17) is 4.74 Å². The molecule has 1 aliphatic heterocycles. The number of hydrogen-bond acceptors (Lipinski definition) is 6. The van der Waals surface area contributed by atoms with Crippen LogP contribution in [0.3, 0.4) is 0 Å². The van der Waals surface area contributed by atoms with Crippen molar-refractivity contribution in [2.45, 2.75) is 25.8 Å². The van der Waals surface area contributed by atoms with Crippen molar-refractivity contribution in [1.29, 1.82) is 0 Å². The number of nitrogens with zero attached hydrogens (tertiary/aromatic N) is 1. The molecule has 1 aromatic heterocycles. The quantitative estimate of drug-likeness (QED) is 0.857. The van der Waals surface area contributed by atoms with Crippen LogP contribution in [-0.4, -0.2) is 35.6 Å². The second-order valence-electron chi connectivity index (χ2n) is 3.95. The van der Waals surface area contributed by atoms with Crippen LogP contribution in [0.15, 0.2) is 0 Å². The van der Waals surface area contributed by atoms with E-state index in [1.807, 2.05) is 18.7 Å². The third kappa shape index (κ3) is 3.13. The zero-order valence-electron chi connectivity index (χ0n) is 9.99. The summed E-state index contributed by atoms with van der Waals surface area (Å²) in [5.74, 6) is 2.05. The summed E-state index contributed by atoms with van der Waals surface area (Å²) in [6.45, 7) is 1.89. The van der Waals surface area contributed by atoms with Gasteiger partial charge in [-0.2, -0.15) is 11.8 Å². The Bertz CT molecular complexity index is 400. The molecule has 2 heterocycles. The molecule has 0 radical (unpaired) electrons. The van der Waals surface area contributed by atoms with Gasteiger partial charge in [-0.3, -0.25) is 0 Å². The minimum Gasteiger partial charge on any atom is -0.464 e. The molecule has 6 heteroatoms. The standard InChI is InChI=1S/C11H16N2O2S2/c1-7-9(10(14)15-2)13-11(17-7)12-8-3-5-16-6-4-8/h8H,3-6H2,1-2H3,(H,12,13). The molecule has 0 bridgehead atoms. The van der Waals surface area contributed by atoms with Crippen LogP contribution in [0.2, 0.25) is 0 Å². The van der Waals surface area contributed by atoms with Gasteiger partial charge in [0.25, 0.3) is 0 Å². The molecule has 0 spiro atoms. The molecule has 0 amide bonds. The molecule has 0 aromatic carbocycles. The summed E-state index contributed by atoms with van der Waals surface area (Å²) in [5, 5.41) is 4.24. The second-order valence-corrected chi connectivity index (χ2v) is 6.37. The van der Waals surface area contributed by atoms with Gasteiger partial charge in [0.05, 0.1) is 7.11 Å². The van der Waals surface area contributed by atoms with E-state index in [0.717, 1.165) is 22.9 Å². The van der Waals surface area contributed by atoms with Crippen molar-refractivity contribution in [3.05, 3.63) is 10.6 Å². The minimum atomic E-state index is -0.356. The van der Waals surface area contributed by atoms with Crippen LogP contribution in [0.4, 0.5) is 5.13 Å². The Morgan fingerprint density at radius 2 is 2.18 bits per heavy atom. The van der Waals surface area contributed by atoms with E-state index >= 15 is 0 Å². The van der Waals surface area contributed by atoms with Crippen molar-refractivity contribution in [3.8, 4) is 0 Å². The molecular formula is C11H16N2O2S2. The highest BCUT2D eigenvalue weighted by atomic mass is 32.2. The number of thioether (sulfide) groups is 1. The average molecular weight is 272 g/mol. The number of aromatic nitrogens is 1. The molecule has 0 aliphatic carbocycles. The first-order valence-electron chi connectivity index (χ1n) is 5.60. The third-order valence-electron chi connectivity index (χ3n) is 2.72. The maximum Gasteiger partial charge on any atom is 0.357 e. The maximum absolute atomic E-state index is 11.4. The number of rotatable bonds is 3. The molecule has 4 nitrogen and oxygen atoms in total. The molecule has 0 atom stereocenters. The minimum absolute atomic E-state index is 0.356. The summed E-state index contributed by atoms with van der Waals surface area (Å²) < 4.78 is 4.69. The van der Waals surface area contributed by atoms with Crippen molar-refractivity contribution in [1.82, 2.24) is 4.98 Å². The molecule has 0 saturated carbocycles. The van der Waals surface area contributed by atoms with Crippen molar-refractivity contribution < 1.29 is 9.53 Å². The van der Waals surface area contributed by atoms with Gasteiger partial charge in [0.1, 0.15) is 0 Å². The fraction of sp³-hybridized carbons (Fsp3) is 0.636. The Hall–Kier alpha value is -0.750. The summed E-state index contributed by atoms with van der Waals surface area (Å²) in [6.07, 6.45) is 2.33. The molecule has 1 aliphatic rings. The number of carbonyl (C=O) groups is 1. The van der Waals surface area contributed by atoms with Gasteiger partial charge in [0.15, 0.2) is 10.8 Å². The number of aryl methyl sites for hydroxylation is 1. The lowest BCUT2D eigenvalue weighted by Crippen LogP contribution is -2.24. The lowest BCUT2D eigenvalue weighted by Gasteiger charge is -2.21. The van der Waals surface area contributed by atoms with Crippen LogP contribution in [0.25, 0.3) is 0 Å². The van der Waals surface area contributed by atoms with Gasteiger partial charge in [-0.1, -0.05) is 0 Å². The van der Waals surface area contributed by atoms with Crippen LogP contribution in [0.5, 0.6) is 0 Å². The molecule has 1 N–H and O–H groups in total. The fourth-order valence-electron chi connectivity index (χ4n) is 1.76. The topological polar surface area (TPSA) is 51.2 Å². The van der Waals surface area contributed by atoms with Gasteiger partial charge < -0.3 is 10.1 Å². The molecule has 94 valence electrons. The van der Waals surface area contributed by atoms with Crippen molar-refractivity contribution >= 4 is 34.2 Å². The van der Waals surface area contributed by atoms with Crippen LogP contribution >= 0.6 is 23.1 Å². The van der Waals surface area contributed by atoms with E-state index in [1.165, 1.54) is 30.0 Å². The number of carbonyl (C=O) groups excluding carboxylic acids is 1. The highest BCUT2D eigenvalue weighted by molar-refractivity contribution is 7.99. The summed E-state index contributed by atoms with van der Waals surface area (Å²) in [5.41, 5.74) is 0.435. The van der Waals surface area contributed by atoms with Gasteiger partial charge in [-0.05, 0) is 31.3 Å². The monoisotopic (exact) mass is 272 g/mol. The number of anilines is 1. The third-order valence-corrected chi connectivity index (χ3v) is 4.68. The highest BCUT2D eigenvalue weighted by Gasteiger charge is 2.19. The molecule has 1 aromatic rings. The summed E-state index contributed by atoms with van der Waals surface area (Å²) >= 11 is 3.52. The lowest BCUT2D eigenvalue weighted by atomic mass is 10.2. The van der Waals surface area contributed by atoms with Gasteiger partial charge in [0, 0.05) is 10.9 Å². The molecule has 0 unspecified atom stereocenters. The first kappa shape index (κ1) is 12.7. The number of thiazole rings is 1. The predicted molar refractivity (Wildman–Crippen MR) is 72.2 cm³/mol. The lowest BCUT2D eigenvalue weighted by molar-refractivity contribution is 0.0594. The Kier molecular flexibility index (Phi) is 4.28. The average Bonchev–Trinajstić information content (AvgIpc) is 2.70. The Morgan fingerprint density at radius 3 is 2.82 bits per heavy atom. The van der Waals surface area contributed by atoms with E-state index in [-0.39, 0.29) is 5.97 Å². The van der Waals surface area contributed by atoms with Crippen LogP contribution in [-0.2, 0) is 4.74 Å². The smallest absolute Gasteiger partial charge is 0.357 e. The molecular weight excluding hydrogens is 256 g/mol. The molecule has 1 fully saturated rings. The molecule has 17 heavy (non-hydrogen) atoms. The maximum atomic E-state index is 11.4. The number of methoxy groups -OCH3 is 1. The van der Waals surface area contributed by atoms with Crippen molar-refractivity contribution in [3.63, 3.8) is 0 Å². The van der Waals surface area contributed by atoms with E-state index in [9.17, 15) is 4.79 Å². The van der Waals surface area contributed by atoms with Crippen molar-refractivity contribution in [2.24, 2.45) is 0 Å². The normalized spacial score (nSPS) is 16.8. The first-order valence-corrected chi connectivity index (χ1v) is 7.58. The number of nitrogens with one attached hydrogen (secondary N) is 1. The van der Waals surface area contributed by atoms with Gasteiger partial charge in [-0.15, -0.1) is 11.3 Å². The van der Waals surface area contributed by atoms with E-state index < -0.39 is 0 Å². The summed E-state index contributed by atoms with van der Waals surface area (Å²) in [7, 11) is 1.38. The largest absolute Gasteiger partial charge is 0.464 e. The summed E-state index contributed by atoms with van der Waals surface area (Å²) in [6, 6.07) is 0.493. The highest BCUT2D eigenvalue weighted by Crippen LogP contribution is 2.26. The van der Waals surface area contributed by atoms with Crippen molar-refractivity contribution in [2.75, 3.05) is 23.9 Å². The zero-order valence-corrected chi connectivity index (χ0v) is 11.6. The van der Waals surface area contributed by atoms with Crippen LogP contribution in [0.1, 0.15) is 28.2 Å². The SMILES string of the molecule is COC(=O)c1nc(NC2CCSCC2)sc1C. The Morgan fingerprint density at radius 1 is 1.47 bits per heavy atom. The first-order chi connectivity index (χ1) is 8.20. The van der Waals surface area contributed by atoms with E-state index in [1.54, 1.807) is 0 Å².